The fraction of sp³-hybridized carbons (Fsp3) is 0.267. The van der Waals surface area contributed by atoms with E-state index in [2.05, 4.69) is 63.0 Å². The average Bonchev–Trinajstić information content (AvgIpc) is 2.23. The number of aryl methyl sites for hydroxylation is 4. The summed E-state index contributed by atoms with van der Waals surface area (Å²) >= 11 is 0. The molecule has 0 saturated carbocycles. The Morgan fingerprint density at radius 3 is 2.31 bits per heavy atom. The van der Waals surface area contributed by atoms with E-state index in [4.69, 9.17) is 0 Å². The zero-order chi connectivity index (χ0) is 11.7. The molecule has 0 spiro atoms. The normalized spacial score (nSPS) is 10.5. The zero-order valence-electron chi connectivity index (χ0n) is 10.3. The van der Waals surface area contributed by atoms with E-state index in [9.17, 15) is 0 Å². The van der Waals surface area contributed by atoms with Crippen molar-refractivity contribution in [2.75, 3.05) is 0 Å². The molecule has 1 nitrogen and oxygen atoms in total. The molecule has 1 heterocycles. The molecule has 82 valence electrons. The molecule has 0 bridgehead atoms. The molecule has 0 saturated heterocycles. The van der Waals surface area contributed by atoms with Crippen molar-refractivity contribution in [1.29, 1.82) is 0 Å². The van der Waals surface area contributed by atoms with Crippen molar-refractivity contribution >= 4 is 0 Å². The fourth-order valence-electron chi connectivity index (χ4n) is 1.93. The average molecular weight is 211 g/mol. The second-order valence-corrected chi connectivity index (χ2v) is 4.43. The highest BCUT2D eigenvalue weighted by atomic mass is 14.7. The van der Waals surface area contributed by atoms with Gasteiger partial charge in [0, 0.05) is 11.3 Å². The van der Waals surface area contributed by atoms with Crippen molar-refractivity contribution in [3.8, 4) is 11.3 Å². The van der Waals surface area contributed by atoms with Crippen molar-refractivity contribution in [1.82, 2.24) is 4.98 Å². The Bertz CT molecular complexity index is 527. The lowest BCUT2D eigenvalue weighted by molar-refractivity contribution is 1.13. The molecule has 2 aromatic rings. The van der Waals surface area contributed by atoms with Crippen LogP contribution in [0, 0.1) is 27.7 Å². The standard InChI is InChI=1S/C15H17N/c1-10-6-5-7-14(8-10)15-12(3)9-11(2)13(4)16-15/h5-9H,1-4H3. The summed E-state index contributed by atoms with van der Waals surface area (Å²) < 4.78 is 0. The summed E-state index contributed by atoms with van der Waals surface area (Å²) in [5.74, 6) is 0. The minimum atomic E-state index is 1.10. The Labute approximate surface area is 97.2 Å². The van der Waals surface area contributed by atoms with E-state index < -0.39 is 0 Å². The van der Waals surface area contributed by atoms with Crippen molar-refractivity contribution in [3.05, 3.63) is 52.7 Å². The molecule has 0 aliphatic heterocycles. The number of benzene rings is 1. The zero-order valence-corrected chi connectivity index (χ0v) is 10.3. The van der Waals surface area contributed by atoms with Gasteiger partial charge in [-0.3, -0.25) is 4.98 Å². The Kier molecular flexibility index (Phi) is 2.78. The quantitative estimate of drug-likeness (QED) is 0.695. The van der Waals surface area contributed by atoms with Crippen molar-refractivity contribution in [2.45, 2.75) is 27.7 Å². The maximum absolute atomic E-state index is 4.68. The smallest absolute Gasteiger partial charge is 0.0734 e. The van der Waals surface area contributed by atoms with Gasteiger partial charge in [-0.25, -0.2) is 0 Å². The number of hydrogen-bond donors (Lipinski definition) is 0. The summed E-state index contributed by atoms with van der Waals surface area (Å²) in [6, 6.07) is 10.7. The van der Waals surface area contributed by atoms with Crippen molar-refractivity contribution in [2.24, 2.45) is 0 Å². The molecule has 0 aliphatic rings. The van der Waals surface area contributed by atoms with Crippen molar-refractivity contribution in [3.63, 3.8) is 0 Å². The van der Waals surface area contributed by atoms with Gasteiger partial charge in [0.1, 0.15) is 0 Å². The topological polar surface area (TPSA) is 12.9 Å². The van der Waals surface area contributed by atoms with E-state index in [-0.39, 0.29) is 0 Å². The van der Waals surface area contributed by atoms with E-state index in [0.717, 1.165) is 11.4 Å². The minimum Gasteiger partial charge on any atom is -0.253 e. The number of nitrogens with zero attached hydrogens (tertiary/aromatic N) is 1. The van der Waals surface area contributed by atoms with Gasteiger partial charge in [0.2, 0.25) is 0 Å². The molecule has 2 rings (SSSR count). The number of pyridine rings is 1. The summed E-state index contributed by atoms with van der Waals surface area (Å²) in [4.78, 5) is 4.68. The van der Waals surface area contributed by atoms with Crippen molar-refractivity contribution < 1.29 is 0 Å². The first-order chi connectivity index (χ1) is 7.58. The van der Waals surface area contributed by atoms with Crippen LogP contribution in [0.1, 0.15) is 22.4 Å². The number of rotatable bonds is 1. The molecule has 0 atom stereocenters. The summed E-state index contributed by atoms with van der Waals surface area (Å²) in [5.41, 5.74) is 7.20. The SMILES string of the molecule is Cc1cccc(-c2nc(C)c(C)cc2C)c1. The van der Waals surface area contributed by atoms with Gasteiger partial charge in [0.15, 0.2) is 0 Å². The lowest BCUT2D eigenvalue weighted by Gasteiger charge is -2.09. The lowest BCUT2D eigenvalue weighted by atomic mass is 10.0. The van der Waals surface area contributed by atoms with Gasteiger partial charge in [0.05, 0.1) is 5.69 Å². The summed E-state index contributed by atoms with van der Waals surface area (Å²) in [5, 5.41) is 0. The van der Waals surface area contributed by atoms with Crippen LogP contribution in [0.4, 0.5) is 0 Å². The minimum absolute atomic E-state index is 1.10. The lowest BCUT2D eigenvalue weighted by Crippen LogP contribution is -1.94. The van der Waals surface area contributed by atoms with E-state index in [1.807, 2.05) is 0 Å². The maximum atomic E-state index is 4.68. The van der Waals surface area contributed by atoms with Gasteiger partial charge in [-0.1, -0.05) is 29.8 Å². The maximum Gasteiger partial charge on any atom is 0.0734 e. The molecule has 0 aliphatic carbocycles. The summed E-state index contributed by atoms with van der Waals surface area (Å²) in [7, 11) is 0. The van der Waals surface area contributed by atoms with Crippen LogP contribution in [0.25, 0.3) is 11.3 Å². The van der Waals surface area contributed by atoms with Gasteiger partial charge in [0.25, 0.3) is 0 Å². The molecule has 0 amide bonds. The number of aromatic nitrogens is 1. The molecule has 1 aromatic carbocycles. The molecular weight excluding hydrogens is 194 g/mol. The third-order valence-corrected chi connectivity index (χ3v) is 2.95. The van der Waals surface area contributed by atoms with Crippen LogP contribution >= 0.6 is 0 Å². The van der Waals surface area contributed by atoms with Gasteiger partial charge in [-0.15, -0.1) is 0 Å². The highest BCUT2D eigenvalue weighted by Gasteiger charge is 2.06. The molecule has 0 unspecified atom stereocenters. The summed E-state index contributed by atoms with van der Waals surface area (Å²) in [6.45, 7) is 8.40. The number of hydrogen-bond acceptors (Lipinski definition) is 1. The highest BCUT2D eigenvalue weighted by Crippen LogP contribution is 2.23. The monoisotopic (exact) mass is 211 g/mol. The molecule has 1 aromatic heterocycles. The summed E-state index contributed by atoms with van der Waals surface area (Å²) in [6.07, 6.45) is 0. The van der Waals surface area contributed by atoms with Crippen LogP contribution in [-0.4, -0.2) is 4.98 Å². The van der Waals surface area contributed by atoms with Gasteiger partial charge in [-0.05, 0) is 44.9 Å². The van der Waals surface area contributed by atoms with Crippen LogP contribution in [0.5, 0.6) is 0 Å². The molecule has 1 heteroatoms. The third-order valence-electron chi connectivity index (χ3n) is 2.95. The van der Waals surface area contributed by atoms with Crippen LogP contribution in [0.2, 0.25) is 0 Å². The largest absolute Gasteiger partial charge is 0.253 e. The van der Waals surface area contributed by atoms with E-state index in [1.54, 1.807) is 0 Å². The van der Waals surface area contributed by atoms with E-state index in [1.165, 1.54) is 22.3 Å². The van der Waals surface area contributed by atoms with Crippen LogP contribution in [-0.2, 0) is 0 Å². The van der Waals surface area contributed by atoms with Crippen LogP contribution < -0.4 is 0 Å². The van der Waals surface area contributed by atoms with Crippen LogP contribution in [0.15, 0.2) is 30.3 Å². The molecule has 0 fully saturated rings. The molecule has 0 radical (unpaired) electrons. The molecular formula is C15H17N. The third kappa shape index (κ3) is 1.99. The second kappa shape index (κ2) is 4.09. The predicted octanol–water partition coefficient (Wildman–Crippen LogP) is 3.98. The van der Waals surface area contributed by atoms with Gasteiger partial charge < -0.3 is 0 Å². The van der Waals surface area contributed by atoms with Crippen LogP contribution in [0.3, 0.4) is 0 Å². The Hall–Kier alpha value is -1.63. The molecule has 16 heavy (non-hydrogen) atoms. The highest BCUT2D eigenvalue weighted by molar-refractivity contribution is 5.64. The predicted molar refractivity (Wildman–Crippen MR) is 68.6 cm³/mol. The first kappa shape index (κ1) is 10.9. The first-order valence-electron chi connectivity index (χ1n) is 5.60. The second-order valence-electron chi connectivity index (χ2n) is 4.43. The first-order valence-corrected chi connectivity index (χ1v) is 5.60. The Morgan fingerprint density at radius 2 is 1.62 bits per heavy atom. The van der Waals surface area contributed by atoms with E-state index >= 15 is 0 Å². The van der Waals surface area contributed by atoms with Gasteiger partial charge in [-0.2, -0.15) is 0 Å². The van der Waals surface area contributed by atoms with E-state index in [0.29, 0.717) is 0 Å². The Balaban J connectivity index is 2.60. The fourth-order valence-corrected chi connectivity index (χ4v) is 1.93. The Morgan fingerprint density at radius 1 is 0.875 bits per heavy atom. The molecule has 0 N–H and O–H groups in total. The van der Waals surface area contributed by atoms with Gasteiger partial charge >= 0.3 is 0 Å².